The Morgan fingerprint density at radius 2 is 1.79 bits per heavy atom. The van der Waals surface area contributed by atoms with Crippen LogP contribution in [0.1, 0.15) is 17.9 Å². The second kappa shape index (κ2) is 8.29. The molecular formula is C25H20FN3O3S. The zero-order valence-electron chi connectivity index (χ0n) is 17.4. The van der Waals surface area contributed by atoms with E-state index in [-0.39, 0.29) is 34.3 Å². The van der Waals surface area contributed by atoms with E-state index in [0.717, 1.165) is 10.9 Å². The molecule has 0 spiro atoms. The number of sulfonamides is 1. The molecule has 1 unspecified atom stereocenters. The monoisotopic (exact) mass is 461 g/mol. The zero-order chi connectivity index (χ0) is 23.0. The molecule has 1 heterocycles. The lowest BCUT2D eigenvalue weighted by Crippen LogP contribution is -2.15. The molecule has 8 heteroatoms. The number of fused-ring (bicyclic) bond motifs is 1. The number of hydrogen-bond acceptors (Lipinski definition) is 4. The maximum Gasteiger partial charge on any atom is 0.263 e. The number of aromatic nitrogens is 1. The number of hydrogen-bond donors (Lipinski definition) is 2. The van der Waals surface area contributed by atoms with Gasteiger partial charge in [0, 0.05) is 23.2 Å². The SMILES string of the molecule is O=C(Nc1ccc2cccc(F)c2c1)[C@@H]1CC1c1ccc(S(=O)(=O)Nc2ccccn2)cc1. The van der Waals surface area contributed by atoms with Crippen LogP contribution in [0.15, 0.2) is 90.0 Å². The van der Waals surface area contributed by atoms with Gasteiger partial charge in [-0.25, -0.2) is 17.8 Å². The van der Waals surface area contributed by atoms with E-state index >= 15 is 0 Å². The fourth-order valence-corrected chi connectivity index (χ4v) is 4.92. The highest BCUT2D eigenvalue weighted by Crippen LogP contribution is 2.48. The number of carbonyl (C=O) groups excluding carboxylic acids is 1. The van der Waals surface area contributed by atoms with Crippen LogP contribution in [0.3, 0.4) is 0 Å². The minimum absolute atomic E-state index is 0.0164. The number of rotatable bonds is 6. The Hall–Kier alpha value is -3.78. The van der Waals surface area contributed by atoms with Crippen molar-refractivity contribution in [3.05, 3.63) is 96.4 Å². The van der Waals surface area contributed by atoms with Crippen LogP contribution in [0, 0.1) is 11.7 Å². The number of nitrogens with zero attached hydrogens (tertiary/aromatic N) is 1. The predicted octanol–water partition coefficient (Wildman–Crippen LogP) is 4.92. The number of amides is 1. The highest BCUT2D eigenvalue weighted by Gasteiger charge is 2.44. The standard InChI is InChI=1S/C25H20FN3O3S/c26-23-5-3-4-16-7-10-18(14-21(16)23)28-25(30)22-15-20(22)17-8-11-19(12-9-17)33(31,32)29-24-6-1-2-13-27-24/h1-14,20,22H,15H2,(H,27,29)(H,28,30)/t20?,22-/m1/s1. The van der Waals surface area contributed by atoms with E-state index in [1.807, 2.05) is 6.07 Å². The van der Waals surface area contributed by atoms with Gasteiger partial charge >= 0.3 is 0 Å². The molecular weight excluding hydrogens is 441 g/mol. The molecule has 1 aromatic heterocycles. The first-order valence-electron chi connectivity index (χ1n) is 10.4. The molecule has 0 aliphatic heterocycles. The van der Waals surface area contributed by atoms with E-state index in [4.69, 9.17) is 0 Å². The summed E-state index contributed by atoms with van der Waals surface area (Å²) in [5.41, 5.74) is 1.45. The van der Waals surface area contributed by atoms with Crippen molar-refractivity contribution in [2.45, 2.75) is 17.2 Å². The van der Waals surface area contributed by atoms with E-state index in [2.05, 4.69) is 15.0 Å². The van der Waals surface area contributed by atoms with Crippen LogP contribution in [0.5, 0.6) is 0 Å². The first-order chi connectivity index (χ1) is 15.9. The van der Waals surface area contributed by atoms with Crippen LogP contribution >= 0.6 is 0 Å². The lowest BCUT2D eigenvalue weighted by atomic mass is 10.1. The molecule has 0 radical (unpaired) electrons. The van der Waals surface area contributed by atoms with Gasteiger partial charge < -0.3 is 5.32 Å². The van der Waals surface area contributed by atoms with Crippen molar-refractivity contribution in [3.8, 4) is 0 Å². The molecule has 1 amide bonds. The van der Waals surface area contributed by atoms with Crippen molar-refractivity contribution >= 4 is 38.2 Å². The van der Waals surface area contributed by atoms with Gasteiger partial charge in [-0.2, -0.15) is 0 Å². The van der Waals surface area contributed by atoms with Crippen LogP contribution in [-0.2, 0) is 14.8 Å². The van der Waals surface area contributed by atoms with Crippen LogP contribution in [0.2, 0.25) is 0 Å². The molecule has 1 fully saturated rings. The third kappa shape index (κ3) is 4.42. The average Bonchev–Trinajstić information content (AvgIpc) is 3.61. The van der Waals surface area contributed by atoms with Crippen molar-refractivity contribution in [2.75, 3.05) is 10.0 Å². The van der Waals surface area contributed by atoms with Gasteiger partial charge in [0.05, 0.1) is 4.90 Å². The second-order valence-electron chi connectivity index (χ2n) is 8.00. The molecule has 3 aromatic carbocycles. The van der Waals surface area contributed by atoms with Crippen LogP contribution in [-0.4, -0.2) is 19.3 Å². The smallest absolute Gasteiger partial charge is 0.263 e. The summed E-state index contributed by atoms with van der Waals surface area (Å²) in [7, 11) is -3.75. The third-order valence-corrected chi connectivity index (χ3v) is 7.12. The molecule has 2 N–H and O–H groups in total. The van der Waals surface area contributed by atoms with Gasteiger partial charge in [-0.15, -0.1) is 0 Å². The minimum Gasteiger partial charge on any atom is -0.326 e. The van der Waals surface area contributed by atoms with Crippen molar-refractivity contribution < 1.29 is 17.6 Å². The fourth-order valence-electron chi connectivity index (χ4n) is 3.91. The lowest BCUT2D eigenvalue weighted by molar-refractivity contribution is -0.117. The van der Waals surface area contributed by atoms with Crippen LogP contribution < -0.4 is 10.0 Å². The quantitative estimate of drug-likeness (QED) is 0.427. The highest BCUT2D eigenvalue weighted by atomic mass is 32.2. The minimum atomic E-state index is -3.75. The van der Waals surface area contributed by atoms with Gasteiger partial charge in [0.1, 0.15) is 11.6 Å². The van der Waals surface area contributed by atoms with Gasteiger partial charge in [-0.3, -0.25) is 9.52 Å². The molecule has 6 nitrogen and oxygen atoms in total. The van der Waals surface area contributed by atoms with Gasteiger partial charge in [-0.1, -0.05) is 36.4 Å². The fraction of sp³-hybridized carbons (Fsp3) is 0.120. The van der Waals surface area contributed by atoms with Crippen molar-refractivity contribution in [1.29, 1.82) is 0 Å². The predicted molar refractivity (Wildman–Crippen MR) is 125 cm³/mol. The number of benzene rings is 3. The zero-order valence-corrected chi connectivity index (χ0v) is 18.2. The van der Waals surface area contributed by atoms with Gasteiger partial charge in [0.2, 0.25) is 5.91 Å². The number of anilines is 2. The number of halogens is 1. The summed E-state index contributed by atoms with van der Waals surface area (Å²) in [4.78, 5) is 16.8. The molecule has 4 aromatic rings. The van der Waals surface area contributed by atoms with E-state index in [0.29, 0.717) is 17.5 Å². The Kier molecular flexibility index (Phi) is 5.30. The van der Waals surface area contributed by atoms with E-state index in [1.54, 1.807) is 54.6 Å². The van der Waals surface area contributed by atoms with Crippen LogP contribution in [0.25, 0.3) is 10.8 Å². The highest BCUT2D eigenvalue weighted by molar-refractivity contribution is 7.92. The summed E-state index contributed by atoms with van der Waals surface area (Å²) in [5.74, 6) is -0.420. The Bertz CT molecular complexity index is 1440. The van der Waals surface area contributed by atoms with Crippen LogP contribution in [0.4, 0.5) is 15.9 Å². The topological polar surface area (TPSA) is 88.2 Å². The summed E-state index contributed by atoms with van der Waals surface area (Å²) < 4.78 is 41.6. The second-order valence-corrected chi connectivity index (χ2v) is 9.69. The molecule has 2 atom stereocenters. The molecule has 0 bridgehead atoms. The van der Waals surface area contributed by atoms with Crippen molar-refractivity contribution in [1.82, 2.24) is 4.98 Å². The molecule has 1 aliphatic rings. The average molecular weight is 462 g/mol. The molecule has 1 aliphatic carbocycles. The molecule has 0 saturated heterocycles. The molecule has 33 heavy (non-hydrogen) atoms. The molecule has 1 saturated carbocycles. The summed E-state index contributed by atoms with van der Waals surface area (Å²) in [6.07, 6.45) is 2.18. The summed E-state index contributed by atoms with van der Waals surface area (Å²) in [5, 5.41) is 4.09. The van der Waals surface area contributed by atoms with Gasteiger partial charge in [0.15, 0.2) is 0 Å². The first-order valence-corrected chi connectivity index (χ1v) is 11.9. The maximum atomic E-state index is 14.0. The molecule has 166 valence electrons. The van der Waals surface area contributed by atoms with E-state index < -0.39 is 10.0 Å². The summed E-state index contributed by atoms with van der Waals surface area (Å²) in [6.45, 7) is 0. The van der Waals surface area contributed by atoms with Gasteiger partial charge in [0.25, 0.3) is 10.0 Å². The van der Waals surface area contributed by atoms with Crippen molar-refractivity contribution in [3.63, 3.8) is 0 Å². The number of nitrogens with one attached hydrogen (secondary N) is 2. The maximum absolute atomic E-state index is 14.0. The van der Waals surface area contributed by atoms with Crippen molar-refractivity contribution in [2.24, 2.45) is 5.92 Å². The summed E-state index contributed by atoms with van der Waals surface area (Å²) in [6, 6.07) is 21.5. The number of carbonyl (C=O) groups is 1. The third-order valence-electron chi connectivity index (χ3n) is 5.75. The Labute approximate surface area is 190 Å². The Balaban J connectivity index is 1.25. The van der Waals surface area contributed by atoms with E-state index in [9.17, 15) is 17.6 Å². The van der Waals surface area contributed by atoms with E-state index in [1.165, 1.54) is 24.4 Å². The lowest BCUT2D eigenvalue weighted by Gasteiger charge is -2.09. The van der Waals surface area contributed by atoms with Gasteiger partial charge in [-0.05, 0) is 65.8 Å². The molecule has 5 rings (SSSR count). The normalized spacial score (nSPS) is 17.5. The largest absolute Gasteiger partial charge is 0.326 e. The number of pyridine rings is 1. The Morgan fingerprint density at radius 1 is 0.970 bits per heavy atom. The first kappa shape index (κ1) is 21.1. The Morgan fingerprint density at radius 3 is 2.55 bits per heavy atom. The summed E-state index contributed by atoms with van der Waals surface area (Å²) >= 11 is 0.